The molecule has 0 spiro atoms. The van der Waals surface area contributed by atoms with Gasteiger partial charge >= 0.3 is 0 Å². The predicted molar refractivity (Wildman–Crippen MR) is 112 cm³/mol. The van der Waals surface area contributed by atoms with Crippen molar-refractivity contribution in [1.29, 1.82) is 0 Å². The Morgan fingerprint density at radius 3 is 2.59 bits per heavy atom. The summed E-state index contributed by atoms with van der Waals surface area (Å²) in [5.74, 6) is 2.39. The number of carbonyl (C=O) groups excluding carboxylic acids is 1. The van der Waals surface area contributed by atoms with Crippen LogP contribution in [-0.4, -0.2) is 34.7 Å². The number of carbonyl (C=O) groups is 1. The van der Waals surface area contributed by atoms with E-state index < -0.39 is 0 Å². The Balaban J connectivity index is 1.81. The van der Waals surface area contributed by atoms with Crippen molar-refractivity contribution in [3.63, 3.8) is 0 Å². The van der Waals surface area contributed by atoms with Gasteiger partial charge in [0.15, 0.2) is 17.1 Å². The molecule has 2 heterocycles. The number of ether oxygens (including phenoxy) is 2. The molecule has 0 aliphatic rings. The van der Waals surface area contributed by atoms with Crippen molar-refractivity contribution in [1.82, 2.24) is 19.9 Å². The second-order valence-electron chi connectivity index (χ2n) is 7.49. The Labute approximate surface area is 171 Å². The Bertz CT molecular complexity index is 997. The van der Waals surface area contributed by atoms with E-state index in [9.17, 15) is 4.79 Å². The fraction of sp³-hybridized carbons (Fsp3) is 0.409. The molecule has 3 rings (SSSR count). The molecule has 0 saturated carbocycles. The summed E-state index contributed by atoms with van der Waals surface area (Å²) >= 11 is 0. The van der Waals surface area contributed by atoms with E-state index in [-0.39, 0.29) is 18.4 Å². The van der Waals surface area contributed by atoms with Gasteiger partial charge < -0.3 is 19.4 Å². The molecule has 1 N–H and O–H groups in total. The average molecular weight is 396 g/mol. The molecular formula is C22H28N4O3. The molecule has 1 aromatic carbocycles. The van der Waals surface area contributed by atoms with Crippen molar-refractivity contribution in [2.45, 2.75) is 32.7 Å². The lowest BCUT2D eigenvalue weighted by Gasteiger charge is -2.20. The first kappa shape index (κ1) is 20.6. The van der Waals surface area contributed by atoms with Gasteiger partial charge in [0.1, 0.15) is 11.3 Å². The van der Waals surface area contributed by atoms with Crippen LogP contribution in [0.3, 0.4) is 0 Å². The van der Waals surface area contributed by atoms with Crippen molar-refractivity contribution in [2.24, 2.45) is 13.0 Å². The molecule has 0 saturated heterocycles. The zero-order chi connectivity index (χ0) is 21.0. The lowest BCUT2D eigenvalue weighted by molar-refractivity contribution is -0.121. The maximum Gasteiger partial charge on any atom is 0.225 e. The molecule has 2 aromatic heterocycles. The number of hydrogen-bond acceptors (Lipinski definition) is 5. The highest BCUT2D eigenvalue weighted by Crippen LogP contribution is 2.28. The first-order valence-electron chi connectivity index (χ1n) is 9.70. The van der Waals surface area contributed by atoms with E-state index in [0.717, 1.165) is 29.0 Å². The number of pyridine rings is 1. The van der Waals surface area contributed by atoms with Crippen molar-refractivity contribution >= 4 is 17.1 Å². The second kappa shape index (κ2) is 8.94. The van der Waals surface area contributed by atoms with Gasteiger partial charge in [-0.15, -0.1) is 0 Å². The Kier molecular flexibility index (Phi) is 6.36. The summed E-state index contributed by atoms with van der Waals surface area (Å²) in [6.45, 7) is 4.27. The van der Waals surface area contributed by atoms with Gasteiger partial charge in [-0.25, -0.2) is 9.97 Å². The lowest BCUT2D eigenvalue weighted by Crippen LogP contribution is -2.32. The molecule has 154 valence electrons. The molecule has 1 amide bonds. The number of methoxy groups -OCH3 is 2. The minimum absolute atomic E-state index is 0.0668. The number of aromatic nitrogens is 3. The molecular weight excluding hydrogens is 368 g/mol. The van der Waals surface area contributed by atoms with E-state index in [1.54, 1.807) is 20.4 Å². The summed E-state index contributed by atoms with van der Waals surface area (Å²) in [6, 6.07) is 9.12. The Hall–Kier alpha value is -3.09. The standard InChI is InChI=1S/C22H28N4O3/c1-14(2)11-17(22-25-16-7-6-10-23-21(16)26(22)3)24-20(27)13-15-8-9-18(28-4)19(12-15)29-5/h6-10,12,14,17H,11,13H2,1-5H3,(H,24,27)/t17-/m0/s1. The second-order valence-corrected chi connectivity index (χ2v) is 7.49. The van der Waals surface area contributed by atoms with Crippen LogP contribution in [0, 0.1) is 5.92 Å². The van der Waals surface area contributed by atoms with Crippen LogP contribution in [0.15, 0.2) is 36.5 Å². The van der Waals surface area contributed by atoms with Gasteiger partial charge in [0.2, 0.25) is 5.91 Å². The normalized spacial score (nSPS) is 12.2. The minimum atomic E-state index is -0.193. The van der Waals surface area contributed by atoms with Crippen LogP contribution in [0.2, 0.25) is 0 Å². The number of nitrogens with one attached hydrogen (secondary N) is 1. The minimum Gasteiger partial charge on any atom is -0.493 e. The third-order valence-corrected chi connectivity index (χ3v) is 4.83. The van der Waals surface area contributed by atoms with Crippen LogP contribution in [0.4, 0.5) is 0 Å². The zero-order valence-electron chi connectivity index (χ0n) is 17.6. The molecule has 0 aliphatic carbocycles. The molecule has 0 unspecified atom stereocenters. The quantitative estimate of drug-likeness (QED) is 0.631. The predicted octanol–water partition coefficient (Wildman–Crippen LogP) is 3.43. The van der Waals surface area contributed by atoms with Crippen LogP contribution in [0.1, 0.15) is 37.7 Å². The molecule has 7 heteroatoms. The van der Waals surface area contributed by atoms with E-state index in [1.165, 1.54) is 0 Å². The van der Waals surface area contributed by atoms with Crippen LogP contribution in [0.25, 0.3) is 11.2 Å². The van der Waals surface area contributed by atoms with Crippen LogP contribution < -0.4 is 14.8 Å². The number of nitrogens with zero attached hydrogens (tertiary/aromatic N) is 3. The van der Waals surface area contributed by atoms with E-state index in [1.807, 2.05) is 41.9 Å². The van der Waals surface area contributed by atoms with Gasteiger partial charge in [0.05, 0.1) is 26.7 Å². The summed E-state index contributed by atoms with van der Waals surface area (Å²) in [4.78, 5) is 22.0. The number of imidazole rings is 1. The highest BCUT2D eigenvalue weighted by atomic mass is 16.5. The highest BCUT2D eigenvalue weighted by molar-refractivity contribution is 5.79. The van der Waals surface area contributed by atoms with Gasteiger partial charge in [-0.05, 0) is 42.2 Å². The Morgan fingerprint density at radius 1 is 1.17 bits per heavy atom. The summed E-state index contributed by atoms with van der Waals surface area (Å²) in [7, 11) is 5.11. The number of benzene rings is 1. The van der Waals surface area contributed by atoms with Crippen molar-refractivity contribution < 1.29 is 14.3 Å². The molecule has 3 aromatic rings. The largest absolute Gasteiger partial charge is 0.493 e. The molecule has 0 aliphatic heterocycles. The van der Waals surface area contributed by atoms with E-state index in [4.69, 9.17) is 14.5 Å². The third-order valence-electron chi connectivity index (χ3n) is 4.83. The summed E-state index contributed by atoms with van der Waals surface area (Å²) in [5, 5.41) is 3.16. The molecule has 29 heavy (non-hydrogen) atoms. The first-order chi connectivity index (χ1) is 13.9. The van der Waals surface area contributed by atoms with Crippen LogP contribution >= 0.6 is 0 Å². The summed E-state index contributed by atoms with van der Waals surface area (Å²) < 4.78 is 12.6. The third kappa shape index (κ3) is 4.67. The van der Waals surface area contributed by atoms with Crippen molar-refractivity contribution in [3.8, 4) is 11.5 Å². The molecule has 0 fully saturated rings. The van der Waals surface area contributed by atoms with Crippen molar-refractivity contribution in [3.05, 3.63) is 47.9 Å². The topological polar surface area (TPSA) is 78.3 Å². The van der Waals surface area contributed by atoms with E-state index >= 15 is 0 Å². The maximum absolute atomic E-state index is 12.8. The summed E-state index contributed by atoms with van der Waals surface area (Å²) in [6.07, 6.45) is 2.78. The van der Waals surface area contributed by atoms with Gasteiger partial charge in [0, 0.05) is 13.2 Å². The van der Waals surface area contributed by atoms with Gasteiger partial charge in [-0.2, -0.15) is 0 Å². The van der Waals surface area contributed by atoms with E-state index in [0.29, 0.717) is 17.4 Å². The first-order valence-corrected chi connectivity index (χ1v) is 9.70. The fourth-order valence-electron chi connectivity index (χ4n) is 3.47. The number of rotatable bonds is 8. The van der Waals surface area contributed by atoms with Gasteiger partial charge in [0.25, 0.3) is 0 Å². The van der Waals surface area contributed by atoms with Gasteiger partial charge in [-0.3, -0.25) is 4.79 Å². The fourth-order valence-corrected chi connectivity index (χ4v) is 3.47. The zero-order valence-corrected chi connectivity index (χ0v) is 17.6. The SMILES string of the molecule is COc1ccc(CC(=O)N[C@@H](CC(C)C)c2nc3cccnc3n2C)cc1OC. The molecule has 1 atom stereocenters. The lowest BCUT2D eigenvalue weighted by atomic mass is 10.0. The Morgan fingerprint density at radius 2 is 1.93 bits per heavy atom. The van der Waals surface area contributed by atoms with E-state index in [2.05, 4.69) is 24.1 Å². The average Bonchev–Trinajstić information content (AvgIpc) is 3.04. The van der Waals surface area contributed by atoms with Crippen LogP contribution in [-0.2, 0) is 18.3 Å². The highest BCUT2D eigenvalue weighted by Gasteiger charge is 2.22. The number of hydrogen-bond donors (Lipinski definition) is 1. The summed E-state index contributed by atoms with van der Waals surface area (Å²) in [5.41, 5.74) is 2.49. The smallest absolute Gasteiger partial charge is 0.225 e. The molecule has 0 radical (unpaired) electrons. The molecule has 0 bridgehead atoms. The number of aryl methyl sites for hydroxylation is 1. The molecule has 7 nitrogen and oxygen atoms in total. The van der Waals surface area contributed by atoms with Crippen LogP contribution in [0.5, 0.6) is 11.5 Å². The number of fused-ring (bicyclic) bond motifs is 1. The maximum atomic E-state index is 12.8. The van der Waals surface area contributed by atoms with Crippen molar-refractivity contribution in [2.75, 3.05) is 14.2 Å². The number of amides is 1. The van der Waals surface area contributed by atoms with Gasteiger partial charge in [-0.1, -0.05) is 19.9 Å². The monoisotopic (exact) mass is 396 g/mol.